The van der Waals surface area contributed by atoms with Crippen molar-refractivity contribution in [3.63, 3.8) is 0 Å². The first-order chi connectivity index (χ1) is 12.9. The number of rotatable bonds is 7. The Morgan fingerprint density at radius 1 is 1.07 bits per heavy atom. The van der Waals surface area contributed by atoms with E-state index >= 15 is 0 Å². The zero-order valence-electron chi connectivity index (χ0n) is 15.7. The second-order valence-corrected chi connectivity index (χ2v) is 8.76. The molecule has 1 fully saturated rings. The average molecular weight is 392 g/mol. The van der Waals surface area contributed by atoms with Crippen molar-refractivity contribution in [1.29, 1.82) is 0 Å². The standard InChI is InChI=1S/C20H26FN3O2S/c1-23(2)17-11-9-16(10-12-17)19(24-13-5-6-14-24)15-22-27(25,26)20-8-4-3-7-18(20)21/h3-4,7-12,19,22H,5-6,13-15H2,1-2H3. The Balaban J connectivity index is 1.81. The largest absolute Gasteiger partial charge is 0.378 e. The SMILES string of the molecule is CN(C)c1ccc(C(CNS(=O)(=O)c2ccccc2F)N2CCCC2)cc1. The zero-order valence-corrected chi connectivity index (χ0v) is 16.5. The maximum absolute atomic E-state index is 13.9. The maximum atomic E-state index is 13.9. The van der Waals surface area contributed by atoms with Gasteiger partial charge in [-0.05, 0) is 55.8 Å². The number of anilines is 1. The van der Waals surface area contributed by atoms with Gasteiger partial charge in [0.05, 0.1) is 0 Å². The van der Waals surface area contributed by atoms with Crippen molar-refractivity contribution in [2.45, 2.75) is 23.8 Å². The number of nitrogens with zero attached hydrogens (tertiary/aromatic N) is 2. The van der Waals surface area contributed by atoms with Crippen LogP contribution in [0.15, 0.2) is 53.4 Å². The first kappa shape index (κ1) is 19.8. The summed E-state index contributed by atoms with van der Waals surface area (Å²) in [4.78, 5) is 4.00. The lowest BCUT2D eigenvalue weighted by molar-refractivity contribution is 0.246. The highest BCUT2D eigenvalue weighted by Crippen LogP contribution is 2.27. The number of nitrogens with one attached hydrogen (secondary N) is 1. The van der Waals surface area contributed by atoms with Gasteiger partial charge in [-0.1, -0.05) is 24.3 Å². The number of halogens is 1. The van der Waals surface area contributed by atoms with Crippen LogP contribution >= 0.6 is 0 Å². The van der Waals surface area contributed by atoms with Gasteiger partial charge in [0.15, 0.2) is 0 Å². The molecule has 146 valence electrons. The van der Waals surface area contributed by atoms with E-state index in [1.807, 2.05) is 43.3 Å². The number of hydrogen-bond donors (Lipinski definition) is 1. The van der Waals surface area contributed by atoms with Gasteiger partial charge >= 0.3 is 0 Å². The van der Waals surface area contributed by atoms with Crippen molar-refractivity contribution in [1.82, 2.24) is 9.62 Å². The van der Waals surface area contributed by atoms with Crippen molar-refractivity contribution >= 4 is 15.7 Å². The van der Waals surface area contributed by atoms with Gasteiger partial charge in [-0.25, -0.2) is 17.5 Å². The number of likely N-dealkylation sites (tertiary alicyclic amines) is 1. The molecule has 3 rings (SSSR count). The summed E-state index contributed by atoms with van der Waals surface area (Å²) in [5, 5.41) is 0. The van der Waals surface area contributed by atoms with Crippen molar-refractivity contribution in [3.05, 3.63) is 59.9 Å². The lowest BCUT2D eigenvalue weighted by atomic mass is 10.1. The number of sulfonamides is 1. The third-order valence-corrected chi connectivity index (χ3v) is 6.43. The maximum Gasteiger partial charge on any atom is 0.243 e. The van der Waals surface area contributed by atoms with E-state index in [4.69, 9.17) is 0 Å². The van der Waals surface area contributed by atoms with Crippen LogP contribution in [-0.2, 0) is 10.0 Å². The predicted molar refractivity (Wildman–Crippen MR) is 106 cm³/mol. The van der Waals surface area contributed by atoms with Crippen LogP contribution < -0.4 is 9.62 Å². The minimum atomic E-state index is -3.91. The second kappa shape index (κ2) is 8.37. The van der Waals surface area contributed by atoms with Crippen molar-refractivity contribution < 1.29 is 12.8 Å². The Kier molecular flexibility index (Phi) is 6.14. The summed E-state index contributed by atoms with van der Waals surface area (Å²) in [5.41, 5.74) is 2.14. The Hall–Kier alpha value is -1.96. The molecule has 0 saturated carbocycles. The van der Waals surface area contributed by atoms with Crippen LogP contribution in [0.3, 0.4) is 0 Å². The average Bonchev–Trinajstić information content (AvgIpc) is 3.17. The molecule has 0 aliphatic carbocycles. The van der Waals surface area contributed by atoms with Gasteiger partial charge in [0.25, 0.3) is 0 Å². The number of benzene rings is 2. The van der Waals surface area contributed by atoms with E-state index in [2.05, 4.69) is 9.62 Å². The zero-order chi connectivity index (χ0) is 19.4. The minimum absolute atomic E-state index is 0.0785. The molecule has 1 heterocycles. The molecular weight excluding hydrogens is 365 g/mol. The minimum Gasteiger partial charge on any atom is -0.378 e. The molecule has 1 atom stereocenters. The topological polar surface area (TPSA) is 52.7 Å². The summed E-state index contributed by atoms with van der Waals surface area (Å²) in [7, 11) is 0.0582. The first-order valence-electron chi connectivity index (χ1n) is 9.14. The van der Waals surface area contributed by atoms with E-state index in [0.29, 0.717) is 0 Å². The van der Waals surface area contributed by atoms with Crippen LogP contribution in [0.4, 0.5) is 10.1 Å². The quantitative estimate of drug-likeness (QED) is 0.788. The Bertz CT molecular complexity index is 863. The molecule has 1 saturated heterocycles. The van der Waals surface area contributed by atoms with Gasteiger partial charge in [-0.3, -0.25) is 4.90 Å². The van der Waals surface area contributed by atoms with Gasteiger partial charge in [0, 0.05) is 32.4 Å². The highest BCUT2D eigenvalue weighted by molar-refractivity contribution is 7.89. The molecule has 0 bridgehead atoms. The van der Waals surface area contributed by atoms with E-state index in [9.17, 15) is 12.8 Å². The molecule has 5 nitrogen and oxygen atoms in total. The lowest BCUT2D eigenvalue weighted by Crippen LogP contribution is -2.37. The van der Waals surface area contributed by atoms with Crippen LogP contribution in [-0.4, -0.2) is 47.0 Å². The first-order valence-corrected chi connectivity index (χ1v) is 10.6. The van der Waals surface area contributed by atoms with Gasteiger partial charge in [0.2, 0.25) is 10.0 Å². The van der Waals surface area contributed by atoms with Gasteiger partial charge < -0.3 is 4.90 Å². The molecule has 0 spiro atoms. The second-order valence-electron chi connectivity index (χ2n) is 7.03. The molecule has 0 amide bonds. The van der Waals surface area contributed by atoms with Crippen LogP contribution in [0.2, 0.25) is 0 Å². The molecule has 2 aromatic carbocycles. The summed E-state index contributed by atoms with van der Waals surface area (Å²) in [5.74, 6) is -0.738. The molecule has 1 aliphatic heterocycles. The van der Waals surface area contributed by atoms with Crippen LogP contribution in [0.25, 0.3) is 0 Å². The van der Waals surface area contributed by atoms with E-state index in [-0.39, 0.29) is 17.5 Å². The van der Waals surface area contributed by atoms with Crippen LogP contribution in [0, 0.1) is 5.82 Å². The fourth-order valence-electron chi connectivity index (χ4n) is 3.43. The molecule has 0 radical (unpaired) electrons. The third kappa shape index (κ3) is 4.66. The normalized spacial score (nSPS) is 16.4. The van der Waals surface area contributed by atoms with Crippen LogP contribution in [0.1, 0.15) is 24.4 Å². The summed E-state index contributed by atoms with van der Waals surface area (Å²) >= 11 is 0. The lowest BCUT2D eigenvalue weighted by Gasteiger charge is -2.28. The van der Waals surface area contributed by atoms with Crippen molar-refractivity contribution in [3.8, 4) is 0 Å². The molecule has 1 aliphatic rings. The Morgan fingerprint density at radius 2 is 1.70 bits per heavy atom. The van der Waals surface area contributed by atoms with Crippen LogP contribution in [0.5, 0.6) is 0 Å². The van der Waals surface area contributed by atoms with Crippen molar-refractivity contribution in [2.75, 3.05) is 38.6 Å². The highest BCUT2D eigenvalue weighted by Gasteiger charge is 2.26. The molecule has 0 aromatic heterocycles. The molecule has 1 N–H and O–H groups in total. The molecule has 2 aromatic rings. The molecular formula is C20H26FN3O2S. The summed E-state index contributed by atoms with van der Waals surface area (Å²) in [6, 6.07) is 13.5. The fourth-order valence-corrected chi connectivity index (χ4v) is 4.55. The van der Waals surface area contributed by atoms with Gasteiger partial charge in [0.1, 0.15) is 10.7 Å². The fraction of sp³-hybridized carbons (Fsp3) is 0.400. The third-order valence-electron chi connectivity index (χ3n) is 4.97. The number of hydrogen-bond acceptors (Lipinski definition) is 4. The van der Waals surface area contributed by atoms with E-state index < -0.39 is 15.8 Å². The van der Waals surface area contributed by atoms with Crippen molar-refractivity contribution in [2.24, 2.45) is 0 Å². The van der Waals surface area contributed by atoms with E-state index in [1.54, 1.807) is 0 Å². The summed E-state index contributed by atoms with van der Waals surface area (Å²) < 4.78 is 41.7. The van der Waals surface area contributed by atoms with E-state index in [1.165, 1.54) is 18.2 Å². The molecule has 1 unspecified atom stereocenters. The molecule has 27 heavy (non-hydrogen) atoms. The Morgan fingerprint density at radius 3 is 2.30 bits per heavy atom. The molecule has 7 heteroatoms. The summed E-state index contributed by atoms with van der Waals surface area (Å²) in [6.07, 6.45) is 2.21. The monoisotopic (exact) mass is 391 g/mol. The Labute approximate surface area is 160 Å². The van der Waals surface area contributed by atoms with E-state index in [0.717, 1.165) is 43.2 Å². The predicted octanol–water partition coefficient (Wildman–Crippen LogP) is 3.01. The summed E-state index contributed by atoms with van der Waals surface area (Å²) in [6.45, 7) is 2.07. The van der Waals surface area contributed by atoms with Gasteiger partial charge in [-0.15, -0.1) is 0 Å². The smallest absolute Gasteiger partial charge is 0.243 e. The van der Waals surface area contributed by atoms with Gasteiger partial charge in [-0.2, -0.15) is 0 Å². The highest BCUT2D eigenvalue weighted by atomic mass is 32.2.